The number of carbonyl (C=O) groups is 1. The molecule has 30 heavy (non-hydrogen) atoms. The number of likely N-dealkylation sites (N-methyl/N-ethyl adjacent to an activating group) is 1. The highest BCUT2D eigenvalue weighted by atomic mass is 19.4. The maximum Gasteiger partial charge on any atom is 0.422 e. The van der Waals surface area contributed by atoms with Crippen LogP contribution in [0, 0.1) is 10.1 Å². The Morgan fingerprint density at radius 2 is 1.60 bits per heavy atom. The fourth-order valence-electron chi connectivity index (χ4n) is 2.35. The molecule has 0 spiro atoms. The first-order valence-electron chi connectivity index (χ1n) is 8.75. The minimum atomic E-state index is -4.80. The van der Waals surface area contributed by atoms with Crippen LogP contribution in [0.25, 0.3) is 12.2 Å². The molecule has 0 aliphatic rings. The predicted molar refractivity (Wildman–Crippen MR) is 108 cm³/mol. The molecule has 0 radical (unpaired) electrons. The Bertz CT molecular complexity index is 936. The normalized spacial score (nSPS) is 11.3. The van der Waals surface area contributed by atoms with Gasteiger partial charge in [-0.05, 0) is 35.4 Å². The smallest absolute Gasteiger partial charge is 0.422 e. The van der Waals surface area contributed by atoms with Crippen molar-refractivity contribution >= 4 is 29.5 Å². The standard InChI is InChI=1S/C21H19F3N2O4/c1-15(21(22,23)24)20(27)30-14-13-25(2)18-9-5-16(6-10-18)3-4-17-7-11-19(12-8-17)26(28)29/h3-12H,1,13-14H2,2H3. The van der Waals surface area contributed by atoms with Gasteiger partial charge in [-0.25, -0.2) is 4.79 Å². The van der Waals surface area contributed by atoms with Crippen molar-refractivity contribution in [2.75, 3.05) is 25.1 Å². The number of nitrogens with zero attached hydrogens (tertiary/aromatic N) is 2. The second kappa shape index (κ2) is 9.73. The summed E-state index contributed by atoms with van der Waals surface area (Å²) in [4.78, 5) is 23.2. The summed E-state index contributed by atoms with van der Waals surface area (Å²) in [5.74, 6) is -1.48. The summed E-state index contributed by atoms with van der Waals surface area (Å²) in [7, 11) is 1.72. The van der Waals surface area contributed by atoms with E-state index in [9.17, 15) is 28.1 Å². The highest BCUT2D eigenvalue weighted by Gasteiger charge is 2.37. The van der Waals surface area contributed by atoms with Gasteiger partial charge in [0.2, 0.25) is 0 Å². The van der Waals surface area contributed by atoms with Gasteiger partial charge in [0.25, 0.3) is 5.69 Å². The van der Waals surface area contributed by atoms with E-state index in [1.54, 1.807) is 24.1 Å². The van der Waals surface area contributed by atoms with E-state index in [0.29, 0.717) is 0 Å². The summed E-state index contributed by atoms with van der Waals surface area (Å²) < 4.78 is 41.7. The Morgan fingerprint density at radius 1 is 1.10 bits per heavy atom. The average molecular weight is 420 g/mol. The zero-order valence-corrected chi connectivity index (χ0v) is 16.1. The van der Waals surface area contributed by atoms with Gasteiger partial charge in [-0.15, -0.1) is 0 Å². The van der Waals surface area contributed by atoms with Crippen molar-refractivity contribution < 1.29 is 27.6 Å². The topological polar surface area (TPSA) is 72.7 Å². The van der Waals surface area contributed by atoms with E-state index in [4.69, 9.17) is 0 Å². The van der Waals surface area contributed by atoms with E-state index in [2.05, 4.69) is 11.3 Å². The first-order chi connectivity index (χ1) is 14.1. The van der Waals surface area contributed by atoms with Crippen LogP contribution in [0.1, 0.15) is 11.1 Å². The van der Waals surface area contributed by atoms with Crippen LogP contribution in [-0.2, 0) is 9.53 Å². The van der Waals surface area contributed by atoms with Crippen molar-refractivity contribution in [3.05, 3.63) is 81.9 Å². The molecule has 0 saturated heterocycles. The van der Waals surface area contributed by atoms with Gasteiger partial charge in [0.1, 0.15) is 12.2 Å². The predicted octanol–water partition coefficient (Wildman–Crippen LogP) is 4.86. The highest BCUT2D eigenvalue weighted by Crippen LogP contribution is 2.25. The van der Waals surface area contributed by atoms with Crippen LogP contribution in [0.15, 0.2) is 60.7 Å². The third-order valence-corrected chi connectivity index (χ3v) is 4.15. The van der Waals surface area contributed by atoms with E-state index in [0.717, 1.165) is 16.8 Å². The second-order valence-corrected chi connectivity index (χ2v) is 6.31. The Kier molecular flexibility index (Phi) is 7.35. The van der Waals surface area contributed by atoms with E-state index in [-0.39, 0.29) is 18.8 Å². The van der Waals surface area contributed by atoms with Crippen LogP contribution in [-0.4, -0.2) is 37.3 Å². The molecule has 0 fully saturated rings. The summed E-state index contributed by atoms with van der Waals surface area (Å²) in [6.45, 7) is 2.68. The molecule has 2 rings (SSSR count). The largest absolute Gasteiger partial charge is 0.460 e. The number of hydrogen-bond acceptors (Lipinski definition) is 5. The van der Waals surface area contributed by atoms with Crippen LogP contribution < -0.4 is 4.90 Å². The molecule has 0 aliphatic heterocycles. The fourth-order valence-corrected chi connectivity index (χ4v) is 2.35. The van der Waals surface area contributed by atoms with Gasteiger partial charge in [-0.2, -0.15) is 13.2 Å². The monoisotopic (exact) mass is 420 g/mol. The fraction of sp³-hybridized carbons (Fsp3) is 0.190. The molecular formula is C21H19F3N2O4. The number of nitro groups is 1. The van der Waals surface area contributed by atoms with Gasteiger partial charge < -0.3 is 9.64 Å². The molecule has 158 valence electrons. The molecule has 9 heteroatoms. The van der Waals surface area contributed by atoms with Gasteiger partial charge >= 0.3 is 12.1 Å². The summed E-state index contributed by atoms with van der Waals surface area (Å²) in [6, 6.07) is 13.4. The Hall–Kier alpha value is -3.62. The number of anilines is 1. The van der Waals surface area contributed by atoms with Crippen LogP contribution in [0.4, 0.5) is 24.5 Å². The van der Waals surface area contributed by atoms with Crippen molar-refractivity contribution in [3.63, 3.8) is 0 Å². The lowest BCUT2D eigenvalue weighted by Gasteiger charge is -2.19. The van der Waals surface area contributed by atoms with Gasteiger partial charge in [-0.3, -0.25) is 10.1 Å². The van der Waals surface area contributed by atoms with Gasteiger partial charge in [-0.1, -0.05) is 30.9 Å². The molecule has 0 N–H and O–H groups in total. The number of alkyl halides is 3. The Morgan fingerprint density at radius 3 is 2.07 bits per heavy atom. The lowest BCUT2D eigenvalue weighted by molar-refractivity contribution is -0.384. The molecule has 0 amide bonds. The lowest BCUT2D eigenvalue weighted by atomic mass is 10.1. The molecule has 2 aromatic carbocycles. The molecular weight excluding hydrogens is 401 g/mol. The molecule has 6 nitrogen and oxygen atoms in total. The van der Waals surface area contributed by atoms with Crippen molar-refractivity contribution in [1.82, 2.24) is 0 Å². The van der Waals surface area contributed by atoms with Crippen LogP contribution >= 0.6 is 0 Å². The quantitative estimate of drug-likeness (QED) is 0.200. The first-order valence-corrected chi connectivity index (χ1v) is 8.75. The number of hydrogen-bond donors (Lipinski definition) is 0. The molecule has 0 aliphatic carbocycles. The van der Waals surface area contributed by atoms with Crippen molar-refractivity contribution in [2.24, 2.45) is 0 Å². The number of esters is 1. The number of benzene rings is 2. The number of nitro benzene ring substituents is 1. The van der Waals surface area contributed by atoms with E-state index in [1.165, 1.54) is 12.1 Å². The molecule has 0 atom stereocenters. The molecule has 2 aromatic rings. The minimum Gasteiger partial charge on any atom is -0.460 e. The van der Waals surface area contributed by atoms with Crippen LogP contribution in [0.2, 0.25) is 0 Å². The second-order valence-electron chi connectivity index (χ2n) is 6.31. The van der Waals surface area contributed by atoms with E-state index in [1.807, 2.05) is 36.4 Å². The first kappa shape index (κ1) is 22.7. The van der Waals surface area contributed by atoms with E-state index >= 15 is 0 Å². The molecule has 0 heterocycles. The zero-order valence-electron chi connectivity index (χ0n) is 16.1. The number of carbonyl (C=O) groups excluding carboxylic acids is 1. The Labute approximate surface area is 171 Å². The number of ether oxygens (including phenoxy) is 1. The van der Waals surface area contributed by atoms with Crippen LogP contribution in [0.5, 0.6) is 0 Å². The summed E-state index contributed by atoms with van der Waals surface area (Å²) in [6.07, 6.45) is -1.15. The van der Waals surface area contributed by atoms with Gasteiger partial charge in [0.05, 0.1) is 11.5 Å². The van der Waals surface area contributed by atoms with Crippen molar-refractivity contribution in [3.8, 4) is 0 Å². The Balaban J connectivity index is 1.88. The van der Waals surface area contributed by atoms with E-state index < -0.39 is 22.6 Å². The summed E-state index contributed by atoms with van der Waals surface area (Å²) in [5, 5.41) is 10.7. The molecule has 0 aromatic heterocycles. The van der Waals surface area contributed by atoms with Crippen molar-refractivity contribution in [1.29, 1.82) is 0 Å². The third kappa shape index (κ3) is 6.47. The lowest BCUT2D eigenvalue weighted by Crippen LogP contribution is -2.26. The minimum absolute atomic E-state index is 0.0212. The van der Waals surface area contributed by atoms with Crippen molar-refractivity contribution in [2.45, 2.75) is 6.18 Å². The molecule has 0 bridgehead atoms. The van der Waals surface area contributed by atoms with Gasteiger partial charge in [0.15, 0.2) is 0 Å². The number of non-ortho nitro benzene ring substituents is 1. The number of halogens is 3. The summed E-state index contributed by atoms with van der Waals surface area (Å²) in [5.41, 5.74) is 0.970. The SMILES string of the molecule is C=C(C(=O)OCCN(C)c1ccc(C=Cc2ccc([N+](=O)[O-])cc2)cc1)C(F)(F)F. The van der Waals surface area contributed by atoms with Crippen LogP contribution in [0.3, 0.4) is 0 Å². The number of rotatable bonds is 8. The maximum atomic E-state index is 12.4. The average Bonchev–Trinajstić information content (AvgIpc) is 2.71. The molecule has 0 saturated carbocycles. The zero-order chi connectivity index (χ0) is 22.3. The summed E-state index contributed by atoms with van der Waals surface area (Å²) >= 11 is 0. The molecule has 0 unspecified atom stereocenters. The highest BCUT2D eigenvalue weighted by molar-refractivity contribution is 5.89. The third-order valence-electron chi connectivity index (χ3n) is 4.15. The maximum absolute atomic E-state index is 12.4. The van der Waals surface area contributed by atoms with Gasteiger partial charge in [0, 0.05) is 24.9 Å².